The van der Waals surface area contributed by atoms with Crippen molar-refractivity contribution in [3.63, 3.8) is 0 Å². The van der Waals surface area contributed by atoms with Crippen LogP contribution in [-0.2, 0) is 9.59 Å². The highest BCUT2D eigenvalue weighted by molar-refractivity contribution is 5.88. The fourth-order valence-electron chi connectivity index (χ4n) is 2.48. The summed E-state index contributed by atoms with van der Waals surface area (Å²) in [6.07, 6.45) is 2.70. The fourth-order valence-corrected chi connectivity index (χ4v) is 2.48. The lowest BCUT2D eigenvalue weighted by atomic mass is 9.99. The third-order valence-corrected chi connectivity index (χ3v) is 3.76. The third-order valence-electron chi connectivity index (χ3n) is 3.76. The summed E-state index contributed by atoms with van der Waals surface area (Å²) in [5.41, 5.74) is 1.96. The highest BCUT2D eigenvalue weighted by Crippen LogP contribution is 2.36. The molecule has 0 saturated heterocycles. The van der Waals surface area contributed by atoms with E-state index in [0.29, 0.717) is 22.6 Å². The van der Waals surface area contributed by atoms with Gasteiger partial charge < -0.3 is 19.3 Å². The van der Waals surface area contributed by atoms with Gasteiger partial charge in [-0.3, -0.25) is 0 Å². The molecule has 1 aliphatic rings. The van der Waals surface area contributed by atoms with Crippen LogP contribution < -0.4 is 14.2 Å². The Morgan fingerprint density at radius 2 is 1.56 bits per heavy atom. The Morgan fingerprint density at radius 1 is 0.963 bits per heavy atom. The number of carbonyl (C=O) groups excluding carboxylic acids is 2. The average molecular weight is 364 g/mol. The van der Waals surface area contributed by atoms with Crippen LogP contribution in [0.25, 0.3) is 11.6 Å². The number of ether oxygens (including phenoxy) is 3. The second-order valence-corrected chi connectivity index (χ2v) is 5.54. The van der Waals surface area contributed by atoms with Crippen molar-refractivity contribution in [3.8, 4) is 17.2 Å². The minimum absolute atomic E-state index is 0.288. The molecule has 6 nitrogen and oxygen atoms in total. The summed E-state index contributed by atoms with van der Waals surface area (Å²) in [4.78, 5) is 22.5. The van der Waals surface area contributed by atoms with Crippen LogP contribution in [0.3, 0.4) is 0 Å². The van der Waals surface area contributed by atoms with Crippen molar-refractivity contribution in [2.75, 3.05) is 0 Å². The second-order valence-electron chi connectivity index (χ2n) is 5.54. The van der Waals surface area contributed by atoms with E-state index < -0.39 is 18.2 Å². The van der Waals surface area contributed by atoms with Crippen molar-refractivity contribution >= 4 is 23.6 Å². The van der Waals surface area contributed by atoms with E-state index in [-0.39, 0.29) is 5.75 Å². The molecule has 136 valence electrons. The van der Waals surface area contributed by atoms with Gasteiger partial charge in [0.1, 0.15) is 17.2 Å². The quantitative estimate of drug-likeness (QED) is 0.499. The highest BCUT2D eigenvalue weighted by Gasteiger charge is 2.22. The second kappa shape index (κ2) is 7.72. The zero-order valence-corrected chi connectivity index (χ0v) is 14.3. The van der Waals surface area contributed by atoms with Gasteiger partial charge in [0.25, 0.3) is 0 Å². The van der Waals surface area contributed by atoms with Crippen LogP contribution in [0.15, 0.2) is 67.8 Å². The Morgan fingerprint density at radius 3 is 2.19 bits per heavy atom. The van der Waals surface area contributed by atoms with Crippen LogP contribution in [0.4, 0.5) is 0 Å². The van der Waals surface area contributed by atoms with Crippen molar-refractivity contribution in [1.82, 2.24) is 0 Å². The number of carbonyl (C=O) groups is 2. The van der Waals surface area contributed by atoms with Crippen molar-refractivity contribution < 1.29 is 28.9 Å². The summed E-state index contributed by atoms with van der Waals surface area (Å²) in [6.45, 7) is 6.68. The number of hydrogen-bond acceptors (Lipinski definition) is 6. The van der Waals surface area contributed by atoms with E-state index in [9.17, 15) is 14.7 Å². The standard InChI is InChI=1S/C21H16O6/c1-3-19(22)25-15-8-5-13(6-9-15)17-11-14-7-10-16(26-20(23)4-2)12-18(14)27-21(17)24/h3-12,21,24H,1-2H2. The summed E-state index contributed by atoms with van der Waals surface area (Å²) in [6, 6.07) is 11.5. The van der Waals surface area contributed by atoms with E-state index in [1.807, 2.05) is 0 Å². The van der Waals surface area contributed by atoms with Crippen LogP contribution in [-0.4, -0.2) is 23.3 Å². The molecule has 0 saturated carbocycles. The van der Waals surface area contributed by atoms with Crippen molar-refractivity contribution in [3.05, 3.63) is 78.9 Å². The van der Waals surface area contributed by atoms with Crippen LogP contribution in [0, 0.1) is 0 Å². The molecule has 1 atom stereocenters. The summed E-state index contributed by atoms with van der Waals surface area (Å²) in [5, 5.41) is 10.3. The number of benzene rings is 2. The van der Waals surface area contributed by atoms with Gasteiger partial charge in [-0.15, -0.1) is 0 Å². The molecule has 0 aromatic heterocycles. The first kappa shape index (κ1) is 18.2. The maximum Gasteiger partial charge on any atom is 0.335 e. The summed E-state index contributed by atoms with van der Waals surface area (Å²) in [5.74, 6) is -0.0950. The number of fused-ring (bicyclic) bond motifs is 1. The molecule has 3 rings (SSSR count). The van der Waals surface area contributed by atoms with Crippen molar-refractivity contribution in [1.29, 1.82) is 0 Å². The molecule has 27 heavy (non-hydrogen) atoms. The van der Waals surface area contributed by atoms with Gasteiger partial charge in [-0.25, -0.2) is 9.59 Å². The van der Waals surface area contributed by atoms with Crippen molar-refractivity contribution in [2.45, 2.75) is 6.29 Å². The first-order chi connectivity index (χ1) is 13.0. The normalized spacial score (nSPS) is 14.9. The van der Waals surface area contributed by atoms with E-state index in [2.05, 4.69) is 13.2 Å². The molecule has 0 spiro atoms. The van der Waals surface area contributed by atoms with Gasteiger partial charge in [0, 0.05) is 29.4 Å². The van der Waals surface area contributed by atoms with Gasteiger partial charge in [-0.05, 0) is 35.9 Å². The summed E-state index contributed by atoms with van der Waals surface area (Å²) in [7, 11) is 0. The van der Waals surface area contributed by atoms with E-state index in [4.69, 9.17) is 14.2 Å². The van der Waals surface area contributed by atoms with E-state index >= 15 is 0 Å². The zero-order chi connectivity index (χ0) is 19.4. The fraction of sp³-hybridized carbons (Fsp3) is 0.0476. The van der Waals surface area contributed by atoms with Gasteiger partial charge in [0.15, 0.2) is 0 Å². The predicted molar refractivity (Wildman–Crippen MR) is 99.1 cm³/mol. The maximum atomic E-state index is 11.3. The Hall–Kier alpha value is -3.64. The molecule has 2 aromatic rings. The molecule has 6 heteroatoms. The van der Waals surface area contributed by atoms with Crippen LogP contribution in [0.2, 0.25) is 0 Å². The molecule has 1 unspecified atom stereocenters. The van der Waals surface area contributed by atoms with E-state index in [0.717, 1.165) is 17.7 Å². The molecule has 1 heterocycles. The van der Waals surface area contributed by atoms with Gasteiger partial charge in [-0.2, -0.15) is 0 Å². The van der Waals surface area contributed by atoms with Crippen molar-refractivity contribution in [2.24, 2.45) is 0 Å². The molecular weight excluding hydrogens is 348 g/mol. The minimum atomic E-state index is -1.20. The minimum Gasteiger partial charge on any atom is -0.460 e. The first-order valence-electron chi connectivity index (χ1n) is 7.99. The number of hydrogen-bond donors (Lipinski definition) is 1. The molecule has 0 amide bonds. The molecule has 0 bridgehead atoms. The maximum absolute atomic E-state index is 11.3. The predicted octanol–water partition coefficient (Wildman–Crippen LogP) is 3.12. The summed E-state index contributed by atoms with van der Waals surface area (Å²) >= 11 is 0. The topological polar surface area (TPSA) is 82.1 Å². The number of esters is 2. The van der Waals surface area contributed by atoms with Gasteiger partial charge in [0.2, 0.25) is 6.29 Å². The molecular formula is C21H16O6. The number of rotatable bonds is 5. The molecule has 0 fully saturated rings. The van der Waals surface area contributed by atoms with Gasteiger partial charge >= 0.3 is 11.9 Å². The largest absolute Gasteiger partial charge is 0.460 e. The van der Waals surface area contributed by atoms with E-state index in [1.54, 1.807) is 42.5 Å². The molecule has 2 aromatic carbocycles. The van der Waals surface area contributed by atoms with Gasteiger partial charge in [-0.1, -0.05) is 25.3 Å². The molecule has 0 radical (unpaired) electrons. The molecule has 1 N–H and O–H groups in total. The molecule has 0 aliphatic carbocycles. The van der Waals surface area contributed by atoms with Gasteiger partial charge in [0.05, 0.1) is 0 Å². The Balaban J connectivity index is 1.85. The lowest BCUT2D eigenvalue weighted by Gasteiger charge is -2.24. The van der Waals surface area contributed by atoms with Crippen LogP contribution >= 0.6 is 0 Å². The monoisotopic (exact) mass is 364 g/mol. The summed E-state index contributed by atoms with van der Waals surface area (Å²) < 4.78 is 15.6. The smallest absolute Gasteiger partial charge is 0.335 e. The number of aliphatic hydroxyl groups excluding tert-OH is 1. The Kier molecular flexibility index (Phi) is 5.19. The van der Waals surface area contributed by atoms with Crippen LogP contribution in [0.1, 0.15) is 11.1 Å². The van der Waals surface area contributed by atoms with Crippen LogP contribution in [0.5, 0.6) is 17.2 Å². The zero-order valence-electron chi connectivity index (χ0n) is 14.3. The Bertz CT molecular complexity index is 940. The highest BCUT2D eigenvalue weighted by atomic mass is 16.6. The average Bonchev–Trinajstić information content (AvgIpc) is 2.68. The third kappa shape index (κ3) is 4.13. The lowest BCUT2D eigenvalue weighted by Crippen LogP contribution is -2.21. The SMILES string of the molecule is C=CC(=O)Oc1ccc(C2=Cc3ccc(OC(=O)C=C)cc3OC2O)cc1. The Labute approximate surface area is 155 Å². The van der Waals surface area contributed by atoms with E-state index in [1.165, 1.54) is 6.07 Å². The lowest BCUT2D eigenvalue weighted by molar-refractivity contribution is -0.129. The first-order valence-corrected chi connectivity index (χ1v) is 7.99. The number of aliphatic hydroxyl groups is 1. The molecule has 1 aliphatic heterocycles.